The molecule has 0 heterocycles. The number of hydrogen-bond donors (Lipinski definition) is 3. The van der Waals surface area contributed by atoms with Crippen LogP contribution in [0.2, 0.25) is 0 Å². The number of benzene rings is 3. The Morgan fingerprint density at radius 1 is 0.914 bits per heavy atom. The van der Waals surface area contributed by atoms with Crippen molar-refractivity contribution in [1.82, 2.24) is 0 Å². The van der Waals surface area contributed by atoms with Gasteiger partial charge in [0.25, 0.3) is 21.8 Å². The zero-order valence-electron chi connectivity index (χ0n) is 19.1. The van der Waals surface area contributed by atoms with E-state index < -0.39 is 21.8 Å². The summed E-state index contributed by atoms with van der Waals surface area (Å²) in [6.45, 7) is 2.01. The van der Waals surface area contributed by atoms with Gasteiger partial charge >= 0.3 is 0 Å². The molecule has 10 nitrogen and oxygen atoms in total. The van der Waals surface area contributed by atoms with Gasteiger partial charge in [-0.3, -0.25) is 14.3 Å². The van der Waals surface area contributed by atoms with Crippen molar-refractivity contribution in [2.45, 2.75) is 11.8 Å². The molecule has 184 valence electrons. The van der Waals surface area contributed by atoms with Crippen LogP contribution in [-0.2, 0) is 14.8 Å². The van der Waals surface area contributed by atoms with Crippen molar-refractivity contribution >= 4 is 33.2 Å². The summed E-state index contributed by atoms with van der Waals surface area (Å²) >= 11 is 0. The van der Waals surface area contributed by atoms with E-state index in [-0.39, 0.29) is 34.3 Å². The van der Waals surface area contributed by atoms with E-state index in [1.54, 1.807) is 42.5 Å². The molecular weight excluding hydrogens is 474 g/mol. The number of anilines is 2. The minimum absolute atomic E-state index is 0.100. The molecule has 0 fully saturated rings. The third kappa shape index (κ3) is 6.87. The van der Waals surface area contributed by atoms with Crippen molar-refractivity contribution in [3.63, 3.8) is 0 Å². The fraction of sp³-hybridized carbons (Fsp3) is 0.167. The molecule has 0 saturated carbocycles. The average Bonchev–Trinajstić information content (AvgIpc) is 2.84. The molecule has 3 rings (SSSR count). The van der Waals surface area contributed by atoms with E-state index in [1.807, 2.05) is 6.92 Å². The van der Waals surface area contributed by atoms with Gasteiger partial charge in [0.1, 0.15) is 22.1 Å². The van der Waals surface area contributed by atoms with Gasteiger partial charge in [0.05, 0.1) is 13.7 Å². The van der Waals surface area contributed by atoms with Crippen LogP contribution < -0.4 is 30.0 Å². The first kappa shape index (κ1) is 25.4. The standard InChI is InChI=1S/C24H25N3O7S/c1-3-33-19-10-7-17(8-11-19)27-35(30,31)22-14-18(9-12-21(22)32-2)26-24(29)16-5-4-6-20(13-16)34-15-23(25)28/h4-14,27H,3,15H2,1-2H3,(H2,25,28)(H,26,29). The Morgan fingerprint density at radius 2 is 1.63 bits per heavy atom. The van der Waals surface area contributed by atoms with E-state index in [4.69, 9.17) is 19.9 Å². The largest absolute Gasteiger partial charge is 0.495 e. The van der Waals surface area contributed by atoms with Crippen molar-refractivity contribution < 1.29 is 32.2 Å². The van der Waals surface area contributed by atoms with E-state index in [2.05, 4.69) is 10.0 Å². The van der Waals surface area contributed by atoms with Crippen LogP contribution in [0.3, 0.4) is 0 Å². The molecular formula is C24H25N3O7S. The Balaban J connectivity index is 1.81. The Bertz CT molecular complexity index is 1310. The second-order valence-corrected chi connectivity index (χ2v) is 8.82. The zero-order chi connectivity index (χ0) is 25.4. The maximum Gasteiger partial charge on any atom is 0.265 e. The number of methoxy groups -OCH3 is 1. The van der Waals surface area contributed by atoms with Crippen LogP contribution in [0.5, 0.6) is 17.2 Å². The van der Waals surface area contributed by atoms with Crippen molar-refractivity contribution in [1.29, 1.82) is 0 Å². The first-order valence-corrected chi connectivity index (χ1v) is 12.0. The third-order valence-corrected chi connectivity index (χ3v) is 6.01. The van der Waals surface area contributed by atoms with Crippen LogP contribution in [0.4, 0.5) is 11.4 Å². The molecule has 3 aromatic rings. The topological polar surface area (TPSA) is 146 Å². The van der Waals surface area contributed by atoms with Crippen molar-refractivity contribution in [3.05, 3.63) is 72.3 Å². The maximum absolute atomic E-state index is 13.1. The third-order valence-electron chi connectivity index (χ3n) is 4.61. The van der Waals surface area contributed by atoms with E-state index in [9.17, 15) is 18.0 Å². The van der Waals surface area contributed by atoms with Gasteiger partial charge in [-0.15, -0.1) is 0 Å². The van der Waals surface area contributed by atoms with Crippen LogP contribution in [0.15, 0.2) is 71.6 Å². The van der Waals surface area contributed by atoms with E-state index in [1.165, 1.54) is 31.4 Å². The summed E-state index contributed by atoms with van der Waals surface area (Å²) in [7, 11) is -2.71. The highest BCUT2D eigenvalue weighted by atomic mass is 32.2. The zero-order valence-corrected chi connectivity index (χ0v) is 19.9. The second-order valence-electron chi connectivity index (χ2n) is 7.17. The second kappa shape index (κ2) is 11.3. The summed E-state index contributed by atoms with van der Waals surface area (Å²) in [4.78, 5) is 23.5. The highest BCUT2D eigenvalue weighted by molar-refractivity contribution is 7.92. The molecule has 0 aliphatic rings. The van der Waals surface area contributed by atoms with Gasteiger partial charge in [0, 0.05) is 16.9 Å². The summed E-state index contributed by atoms with van der Waals surface area (Å²) in [5, 5.41) is 2.65. The highest BCUT2D eigenvalue weighted by Crippen LogP contribution is 2.29. The Kier molecular flexibility index (Phi) is 8.16. The van der Waals surface area contributed by atoms with Crippen LogP contribution >= 0.6 is 0 Å². The van der Waals surface area contributed by atoms with E-state index >= 15 is 0 Å². The van der Waals surface area contributed by atoms with Gasteiger partial charge in [-0.05, 0) is 67.6 Å². The minimum Gasteiger partial charge on any atom is -0.495 e. The molecule has 0 spiro atoms. The number of rotatable bonds is 11. The molecule has 3 aromatic carbocycles. The quantitative estimate of drug-likeness (QED) is 0.367. The molecule has 0 atom stereocenters. The number of ether oxygens (including phenoxy) is 3. The van der Waals surface area contributed by atoms with Crippen molar-refractivity contribution in [2.75, 3.05) is 30.4 Å². The predicted molar refractivity (Wildman–Crippen MR) is 130 cm³/mol. The Hall–Kier alpha value is -4.25. The lowest BCUT2D eigenvalue weighted by molar-refractivity contribution is -0.119. The fourth-order valence-corrected chi connectivity index (χ4v) is 4.30. The molecule has 0 aromatic heterocycles. The molecule has 0 aliphatic heterocycles. The first-order valence-electron chi connectivity index (χ1n) is 10.5. The Labute approximate surface area is 203 Å². The molecule has 35 heavy (non-hydrogen) atoms. The highest BCUT2D eigenvalue weighted by Gasteiger charge is 2.21. The van der Waals surface area contributed by atoms with Gasteiger partial charge in [-0.25, -0.2) is 8.42 Å². The number of carbonyl (C=O) groups excluding carboxylic acids is 2. The minimum atomic E-state index is -4.06. The number of sulfonamides is 1. The van der Waals surface area contributed by atoms with Gasteiger partial charge in [0.2, 0.25) is 0 Å². The number of nitrogens with one attached hydrogen (secondary N) is 2. The molecule has 0 saturated heterocycles. The molecule has 11 heteroatoms. The number of carbonyl (C=O) groups is 2. The molecule has 2 amide bonds. The lowest BCUT2D eigenvalue weighted by Crippen LogP contribution is -2.20. The smallest absolute Gasteiger partial charge is 0.265 e. The van der Waals surface area contributed by atoms with Crippen LogP contribution in [-0.4, -0.2) is 40.6 Å². The van der Waals surface area contributed by atoms with Gasteiger partial charge < -0.3 is 25.3 Å². The molecule has 0 radical (unpaired) electrons. The summed E-state index contributed by atoms with van der Waals surface area (Å²) in [6.07, 6.45) is 0. The van der Waals surface area contributed by atoms with E-state index in [0.29, 0.717) is 18.0 Å². The number of hydrogen-bond acceptors (Lipinski definition) is 7. The van der Waals surface area contributed by atoms with Gasteiger partial charge in [0.15, 0.2) is 6.61 Å². The van der Waals surface area contributed by atoms with Crippen LogP contribution in [0.1, 0.15) is 17.3 Å². The molecule has 0 unspecified atom stereocenters. The molecule has 0 bridgehead atoms. The van der Waals surface area contributed by atoms with Crippen LogP contribution in [0, 0.1) is 0 Å². The number of amides is 2. The van der Waals surface area contributed by atoms with Crippen LogP contribution in [0.25, 0.3) is 0 Å². The maximum atomic E-state index is 13.1. The van der Waals surface area contributed by atoms with Gasteiger partial charge in [-0.2, -0.15) is 0 Å². The van der Waals surface area contributed by atoms with Crippen molar-refractivity contribution in [3.8, 4) is 17.2 Å². The lowest BCUT2D eigenvalue weighted by atomic mass is 10.2. The molecule has 4 N–H and O–H groups in total. The summed E-state index contributed by atoms with van der Waals surface area (Å²) in [5.74, 6) is -0.160. The average molecular weight is 500 g/mol. The summed E-state index contributed by atoms with van der Waals surface area (Å²) in [5.41, 5.74) is 5.86. The fourth-order valence-electron chi connectivity index (χ4n) is 3.05. The summed E-state index contributed by atoms with van der Waals surface area (Å²) in [6, 6.07) is 16.8. The lowest BCUT2D eigenvalue weighted by Gasteiger charge is -2.14. The van der Waals surface area contributed by atoms with Gasteiger partial charge in [-0.1, -0.05) is 6.07 Å². The van der Waals surface area contributed by atoms with E-state index in [0.717, 1.165) is 0 Å². The predicted octanol–water partition coefficient (Wildman–Crippen LogP) is 3.01. The monoisotopic (exact) mass is 499 g/mol. The van der Waals surface area contributed by atoms with Crippen molar-refractivity contribution in [2.24, 2.45) is 5.73 Å². The summed E-state index contributed by atoms with van der Waals surface area (Å²) < 4.78 is 44.5. The first-order chi connectivity index (χ1) is 16.7. The Morgan fingerprint density at radius 3 is 2.29 bits per heavy atom. The number of nitrogens with two attached hydrogens (primary N) is 1. The number of primary amides is 1. The normalized spacial score (nSPS) is 10.8. The molecule has 0 aliphatic carbocycles. The SMILES string of the molecule is CCOc1ccc(NS(=O)(=O)c2cc(NC(=O)c3cccc(OCC(N)=O)c3)ccc2OC)cc1.